The first kappa shape index (κ1) is 18.2. The van der Waals surface area contributed by atoms with Gasteiger partial charge < -0.3 is 10.6 Å². The van der Waals surface area contributed by atoms with Crippen molar-refractivity contribution >= 4 is 5.91 Å². The van der Waals surface area contributed by atoms with Gasteiger partial charge in [0.15, 0.2) is 0 Å². The maximum atomic E-state index is 13.1. The standard InChI is InChI=1S/C21H27FN4O/c1-13(24-21(27)11-15-9-17-5-6-18(10-15)25-17)20-12-23-26(14(20)2)19-7-3-16(22)4-8-19/h3-4,7-8,12-13,15,17-18,25H,5-6,9-11H2,1-2H3,(H,24,27). The molecule has 0 radical (unpaired) electrons. The average molecular weight is 370 g/mol. The number of piperidine rings is 1. The van der Waals surface area contributed by atoms with E-state index >= 15 is 0 Å². The Kier molecular flexibility index (Phi) is 5.00. The average Bonchev–Trinajstić information content (AvgIpc) is 3.17. The molecule has 0 saturated carbocycles. The number of carbonyl (C=O) groups excluding carboxylic acids is 1. The molecule has 1 amide bonds. The molecule has 2 aliphatic heterocycles. The minimum absolute atomic E-state index is 0.106. The van der Waals surface area contributed by atoms with Crippen LogP contribution in [0.2, 0.25) is 0 Å². The maximum absolute atomic E-state index is 13.1. The molecular formula is C21H27FN4O. The van der Waals surface area contributed by atoms with Gasteiger partial charge in [0.05, 0.1) is 17.9 Å². The molecule has 1 aromatic carbocycles. The number of hydrogen-bond acceptors (Lipinski definition) is 3. The van der Waals surface area contributed by atoms with E-state index in [1.807, 2.05) is 13.8 Å². The summed E-state index contributed by atoms with van der Waals surface area (Å²) in [6.07, 6.45) is 7.11. The number of nitrogens with one attached hydrogen (secondary N) is 2. The van der Waals surface area contributed by atoms with E-state index in [9.17, 15) is 9.18 Å². The van der Waals surface area contributed by atoms with E-state index in [4.69, 9.17) is 0 Å². The monoisotopic (exact) mass is 370 g/mol. The molecule has 0 aliphatic carbocycles. The molecule has 3 unspecified atom stereocenters. The summed E-state index contributed by atoms with van der Waals surface area (Å²) in [6.45, 7) is 3.96. The van der Waals surface area contributed by atoms with Gasteiger partial charge in [0.2, 0.25) is 5.91 Å². The van der Waals surface area contributed by atoms with Gasteiger partial charge in [0.25, 0.3) is 0 Å². The second kappa shape index (κ2) is 7.43. The SMILES string of the molecule is Cc1c(C(C)NC(=O)CC2CC3CCC(C2)N3)cnn1-c1ccc(F)cc1. The Morgan fingerprint density at radius 1 is 1.30 bits per heavy atom. The summed E-state index contributed by atoms with van der Waals surface area (Å²) in [5.41, 5.74) is 2.75. The molecule has 144 valence electrons. The molecular weight excluding hydrogens is 343 g/mol. The van der Waals surface area contributed by atoms with Crippen LogP contribution in [0.3, 0.4) is 0 Å². The van der Waals surface area contributed by atoms with E-state index in [1.54, 1.807) is 23.0 Å². The number of carbonyl (C=O) groups is 1. The Bertz CT molecular complexity index is 804. The van der Waals surface area contributed by atoms with Crippen LogP contribution in [0.1, 0.15) is 56.3 Å². The van der Waals surface area contributed by atoms with Crippen LogP contribution in [0.15, 0.2) is 30.5 Å². The van der Waals surface area contributed by atoms with Gasteiger partial charge >= 0.3 is 0 Å². The second-order valence-corrected chi connectivity index (χ2v) is 8.04. The van der Waals surface area contributed by atoms with Crippen LogP contribution >= 0.6 is 0 Å². The molecule has 2 aliphatic rings. The van der Waals surface area contributed by atoms with E-state index in [1.165, 1.54) is 25.0 Å². The first-order valence-electron chi connectivity index (χ1n) is 9.85. The van der Waals surface area contributed by atoms with E-state index < -0.39 is 0 Å². The Morgan fingerprint density at radius 3 is 2.63 bits per heavy atom. The minimum atomic E-state index is -0.268. The van der Waals surface area contributed by atoms with E-state index in [-0.39, 0.29) is 17.8 Å². The van der Waals surface area contributed by atoms with Crippen molar-refractivity contribution in [3.05, 3.63) is 47.5 Å². The summed E-state index contributed by atoms with van der Waals surface area (Å²) >= 11 is 0. The summed E-state index contributed by atoms with van der Waals surface area (Å²) in [5.74, 6) is 0.331. The van der Waals surface area contributed by atoms with Crippen molar-refractivity contribution in [3.8, 4) is 5.69 Å². The molecule has 27 heavy (non-hydrogen) atoms. The van der Waals surface area contributed by atoms with Crippen molar-refractivity contribution < 1.29 is 9.18 Å². The van der Waals surface area contributed by atoms with Crippen LogP contribution in [0.5, 0.6) is 0 Å². The first-order chi connectivity index (χ1) is 13.0. The van der Waals surface area contributed by atoms with Gasteiger partial charge in [-0.2, -0.15) is 5.10 Å². The van der Waals surface area contributed by atoms with Gasteiger partial charge in [0, 0.05) is 29.8 Å². The second-order valence-electron chi connectivity index (χ2n) is 8.04. The smallest absolute Gasteiger partial charge is 0.220 e. The lowest BCUT2D eigenvalue weighted by atomic mass is 9.89. The van der Waals surface area contributed by atoms with E-state index in [2.05, 4.69) is 15.7 Å². The van der Waals surface area contributed by atoms with Crippen molar-refractivity contribution in [2.75, 3.05) is 0 Å². The zero-order valence-electron chi connectivity index (χ0n) is 15.9. The topological polar surface area (TPSA) is 59.0 Å². The fourth-order valence-electron chi connectivity index (χ4n) is 4.67. The van der Waals surface area contributed by atoms with Crippen LogP contribution in [-0.4, -0.2) is 27.8 Å². The van der Waals surface area contributed by atoms with Gasteiger partial charge in [-0.05, 0) is 69.7 Å². The lowest BCUT2D eigenvalue weighted by Crippen LogP contribution is -2.40. The number of rotatable bonds is 5. The molecule has 2 bridgehead atoms. The lowest BCUT2D eigenvalue weighted by molar-refractivity contribution is -0.122. The van der Waals surface area contributed by atoms with Crippen molar-refractivity contribution in [1.82, 2.24) is 20.4 Å². The van der Waals surface area contributed by atoms with Gasteiger partial charge in [-0.3, -0.25) is 4.79 Å². The first-order valence-corrected chi connectivity index (χ1v) is 9.85. The molecule has 6 heteroatoms. The van der Waals surface area contributed by atoms with Crippen molar-refractivity contribution in [2.24, 2.45) is 5.92 Å². The Morgan fingerprint density at radius 2 is 1.96 bits per heavy atom. The van der Waals surface area contributed by atoms with Gasteiger partial charge in [0.1, 0.15) is 5.82 Å². The molecule has 3 heterocycles. The molecule has 5 nitrogen and oxygen atoms in total. The Hall–Kier alpha value is -2.21. The minimum Gasteiger partial charge on any atom is -0.349 e. The van der Waals surface area contributed by atoms with Crippen molar-refractivity contribution in [3.63, 3.8) is 0 Å². The van der Waals surface area contributed by atoms with Crippen LogP contribution in [-0.2, 0) is 4.79 Å². The van der Waals surface area contributed by atoms with Gasteiger partial charge in [-0.25, -0.2) is 9.07 Å². The highest BCUT2D eigenvalue weighted by molar-refractivity contribution is 5.76. The maximum Gasteiger partial charge on any atom is 0.220 e. The molecule has 2 aromatic rings. The quantitative estimate of drug-likeness (QED) is 0.848. The van der Waals surface area contributed by atoms with Crippen molar-refractivity contribution in [2.45, 2.75) is 64.1 Å². The molecule has 0 spiro atoms. The molecule has 2 saturated heterocycles. The number of amides is 1. The predicted molar refractivity (Wildman–Crippen MR) is 102 cm³/mol. The molecule has 4 rings (SSSR count). The van der Waals surface area contributed by atoms with Crippen molar-refractivity contribution in [1.29, 1.82) is 0 Å². The highest BCUT2D eigenvalue weighted by atomic mass is 19.1. The summed E-state index contributed by atoms with van der Waals surface area (Å²) in [5, 5.41) is 11.2. The summed E-state index contributed by atoms with van der Waals surface area (Å²) in [7, 11) is 0. The molecule has 3 atom stereocenters. The summed E-state index contributed by atoms with van der Waals surface area (Å²) in [6, 6.07) is 7.36. The third-order valence-corrected chi connectivity index (χ3v) is 6.01. The summed E-state index contributed by atoms with van der Waals surface area (Å²) in [4.78, 5) is 12.6. The molecule has 2 N–H and O–H groups in total. The highest BCUT2D eigenvalue weighted by Gasteiger charge is 2.34. The summed E-state index contributed by atoms with van der Waals surface area (Å²) < 4.78 is 14.9. The van der Waals surface area contributed by atoms with Crippen LogP contribution in [0.25, 0.3) is 5.69 Å². The number of nitrogens with zero attached hydrogens (tertiary/aromatic N) is 2. The lowest BCUT2D eigenvalue weighted by Gasteiger charge is -2.29. The number of aromatic nitrogens is 2. The number of benzene rings is 1. The van der Waals surface area contributed by atoms with E-state index in [0.29, 0.717) is 24.4 Å². The Labute approximate surface area is 159 Å². The third-order valence-electron chi connectivity index (χ3n) is 6.01. The van der Waals surface area contributed by atoms with E-state index in [0.717, 1.165) is 29.8 Å². The van der Waals surface area contributed by atoms with Crippen LogP contribution in [0, 0.1) is 18.7 Å². The third kappa shape index (κ3) is 3.90. The van der Waals surface area contributed by atoms with Gasteiger partial charge in [-0.1, -0.05) is 0 Å². The zero-order valence-corrected chi connectivity index (χ0v) is 15.9. The fourth-order valence-corrected chi connectivity index (χ4v) is 4.67. The normalized spacial score (nSPS) is 25.4. The fraction of sp³-hybridized carbons (Fsp3) is 0.524. The van der Waals surface area contributed by atoms with Crippen LogP contribution in [0.4, 0.5) is 4.39 Å². The van der Waals surface area contributed by atoms with Gasteiger partial charge in [-0.15, -0.1) is 0 Å². The number of hydrogen-bond donors (Lipinski definition) is 2. The number of halogens is 1. The molecule has 1 aromatic heterocycles. The Balaban J connectivity index is 1.38. The highest BCUT2D eigenvalue weighted by Crippen LogP contribution is 2.32. The number of fused-ring (bicyclic) bond motifs is 2. The zero-order chi connectivity index (χ0) is 19.0. The predicted octanol–water partition coefficient (Wildman–Crippen LogP) is 3.42. The molecule has 2 fully saturated rings. The van der Waals surface area contributed by atoms with Crippen LogP contribution < -0.4 is 10.6 Å². The largest absolute Gasteiger partial charge is 0.349 e.